The first-order valence-corrected chi connectivity index (χ1v) is 5.39. The lowest BCUT2D eigenvalue weighted by molar-refractivity contribution is 0.605. The third-order valence-corrected chi connectivity index (χ3v) is 3.60. The second-order valence-electron chi connectivity index (χ2n) is 2.41. The number of hydrogen-bond acceptors (Lipinski definition) is 2. The molecule has 62 valence electrons. The maximum Gasteiger partial charge on any atom is 0.0397 e. The number of thiophene rings is 1. The molecular formula is C8H12BrNS. The van der Waals surface area contributed by atoms with E-state index in [9.17, 15) is 0 Å². The maximum absolute atomic E-state index is 3.51. The van der Waals surface area contributed by atoms with Crippen LogP contribution in [0.2, 0.25) is 0 Å². The van der Waals surface area contributed by atoms with Crippen LogP contribution >= 0.6 is 27.3 Å². The van der Waals surface area contributed by atoms with Gasteiger partial charge in [0.2, 0.25) is 0 Å². The van der Waals surface area contributed by atoms with Crippen LogP contribution in [-0.4, -0.2) is 6.54 Å². The van der Waals surface area contributed by atoms with Crippen LogP contribution in [-0.2, 0) is 0 Å². The van der Waals surface area contributed by atoms with Crippen LogP contribution in [0.1, 0.15) is 24.8 Å². The van der Waals surface area contributed by atoms with E-state index in [0.29, 0.717) is 6.04 Å². The van der Waals surface area contributed by atoms with Crippen molar-refractivity contribution >= 4 is 27.3 Å². The van der Waals surface area contributed by atoms with Gasteiger partial charge < -0.3 is 5.32 Å². The summed E-state index contributed by atoms with van der Waals surface area (Å²) in [6, 6.07) is 2.56. The molecule has 1 N–H and O–H groups in total. The Bertz CT molecular complexity index is 222. The van der Waals surface area contributed by atoms with Crippen LogP contribution in [0.4, 0.5) is 0 Å². The SMILES string of the molecule is CCNC(C)c1sccc1Br. The molecule has 0 fully saturated rings. The van der Waals surface area contributed by atoms with Gasteiger partial charge in [0.25, 0.3) is 0 Å². The number of halogens is 1. The topological polar surface area (TPSA) is 12.0 Å². The molecule has 3 heteroatoms. The molecule has 0 spiro atoms. The lowest BCUT2D eigenvalue weighted by atomic mass is 10.3. The van der Waals surface area contributed by atoms with Crippen molar-refractivity contribution < 1.29 is 0 Å². The van der Waals surface area contributed by atoms with Crippen molar-refractivity contribution in [3.05, 3.63) is 20.8 Å². The van der Waals surface area contributed by atoms with Gasteiger partial charge in [-0.1, -0.05) is 6.92 Å². The fraction of sp³-hybridized carbons (Fsp3) is 0.500. The molecule has 0 radical (unpaired) electrons. The van der Waals surface area contributed by atoms with Crippen LogP contribution in [0.25, 0.3) is 0 Å². The van der Waals surface area contributed by atoms with Gasteiger partial charge in [0.05, 0.1) is 0 Å². The first-order valence-electron chi connectivity index (χ1n) is 3.72. The molecule has 0 bridgehead atoms. The Labute approximate surface area is 79.9 Å². The molecule has 1 heterocycles. The van der Waals surface area contributed by atoms with Gasteiger partial charge in [0.15, 0.2) is 0 Å². The lowest BCUT2D eigenvalue weighted by Gasteiger charge is -2.10. The highest BCUT2D eigenvalue weighted by molar-refractivity contribution is 9.10. The molecule has 1 unspecified atom stereocenters. The Hall–Kier alpha value is 0.140. The van der Waals surface area contributed by atoms with E-state index in [2.05, 4.69) is 46.5 Å². The second-order valence-corrected chi connectivity index (χ2v) is 4.21. The summed E-state index contributed by atoms with van der Waals surface area (Å²) in [5, 5.41) is 5.47. The van der Waals surface area contributed by atoms with Crippen LogP contribution in [0, 0.1) is 0 Å². The van der Waals surface area contributed by atoms with E-state index < -0.39 is 0 Å². The molecule has 1 aromatic rings. The Morgan fingerprint density at radius 3 is 2.91 bits per heavy atom. The molecule has 0 aliphatic heterocycles. The predicted octanol–water partition coefficient (Wildman–Crippen LogP) is 3.18. The largest absolute Gasteiger partial charge is 0.310 e. The van der Waals surface area contributed by atoms with E-state index in [4.69, 9.17) is 0 Å². The van der Waals surface area contributed by atoms with Gasteiger partial charge >= 0.3 is 0 Å². The van der Waals surface area contributed by atoms with Gasteiger partial charge in [-0.15, -0.1) is 11.3 Å². The molecule has 1 atom stereocenters. The molecule has 1 rings (SSSR count). The third-order valence-electron chi connectivity index (χ3n) is 1.55. The van der Waals surface area contributed by atoms with Crippen molar-refractivity contribution in [2.45, 2.75) is 19.9 Å². The molecule has 11 heavy (non-hydrogen) atoms. The summed E-state index contributed by atoms with van der Waals surface area (Å²) in [6.07, 6.45) is 0. The van der Waals surface area contributed by atoms with Crippen molar-refractivity contribution in [2.75, 3.05) is 6.54 Å². The molecular weight excluding hydrogens is 222 g/mol. The zero-order valence-corrected chi connectivity index (χ0v) is 9.13. The Balaban J connectivity index is 2.67. The molecule has 0 saturated carbocycles. The number of nitrogens with one attached hydrogen (secondary N) is 1. The smallest absolute Gasteiger partial charge is 0.0397 e. The lowest BCUT2D eigenvalue weighted by Crippen LogP contribution is -2.16. The van der Waals surface area contributed by atoms with Gasteiger partial charge in [-0.25, -0.2) is 0 Å². The minimum atomic E-state index is 0.467. The number of hydrogen-bond donors (Lipinski definition) is 1. The van der Waals surface area contributed by atoms with E-state index in [-0.39, 0.29) is 0 Å². The van der Waals surface area contributed by atoms with E-state index in [1.54, 1.807) is 11.3 Å². The minimum absolute atomic E-state index is 0.467. The maximum atomic E-state index is 3.51. The highest BCUT2D eigenvalue weighted by atomic mass is 79.9. The third kappa shape index (κ3) is 2.29. The Morgan fingerprint density at radius 2 is 2.45 bits per heavy atom. The molecule has 0 aliphatic rings. The van der Waals surface area contributed by atoms with Crippen molar-refractivity contribution in [3.8, 4) is 0 Å². The summed E-state index contributed by atoms with van der Waals surface area (Å²) in [6.45, 7) is 5.32. The monoisotopic (exact) mass is 233 g/mol. The van der Waals surface area contributed by atoms with Gasteiger partial charge in [-0.05, 0) is 40.8 Å². The van der Waals surface area contributed by atoms with Gasteiger partial charge in [-0.3, -0.25) is 0 Å². The first kappa shape index (κ1) is 9.23. The van der Waals surface area contributed by atoms with E-state index >= 15 is 0 Å². The van der Waals surface area contributed by atoms with Crippen LogP contribution in [0.15, 0.2) is 15.9 Å². The average Bonchev–Trinajstić information content (AvgIpc) is 2.36. The summed E-state index contributed by atoms with van der Waals surface area (Å²) in [5.41, 5.74) is 0. The van der Waals surface area contributed by atoms with Crippen LogP contribution in [0.5, 0.6) is 0 Å². The summed E-state index contributed by atoms with van der Waals surface area (Å²) in [4.78, 5) is 1.38. The summed E-state index contributed by atoms with van der Waals surface area (Å²) < 4.78 is 1.22. The van der Waals surface area contributed by atoms with Crippen molar-refractivity contribution in [1.29, 1.82) is 0 Å². The molecule has 0 aliphatic carbocycles. The van der Waals surface area contributed by atoms with E-state index in [1.807, 2.05) is 0 Å². The van der Waals surface area contributed by atoms with Crippen molar-refractivity contribution in [2.24, 2.45) is 0 Å². The fourth-order valence-electron chi connectivity index (χ4n) is 1.01. The van der Waals surface area contributed by atoms with Gasteiger partial charge in [0, 0.05) is 15.4 Å². The van der Waals surface area contributed by atoms with E-state index in [0.717, 1.165) is 6.54 Å². The molecule has 0 saturated heterocycles. The summed E-state index contributed by atoms with van der Waals surface area (Å²) >= 11 is 5.30. The molecule has 1 aromatic heterocycles. The standard InChI is InChI=1S/C8H12BrNS/c1-3-10-6(2)8-7(9)4-5-11-8/h4-6,10H,3H2,1-2H3. The summed E-state index contributed by atoms with van der Waals surface area (Å²) in [5.74, 6) is 0. The predicted molar refractivity (Wildman–Crippen MR) is 54.1 cm³/mol. The fourth-order valence-corrected chi connectivity index (χ4v) is 2.76. The van der Waals surface area contributed by atoms with Crippen LogP contribution < -0.4 is 5.32 Å². The van der Waals surface area contributed by atoms with Crippen LogP contribution in [0.3, 0.4) is 0 Å². The average molecular weight is 234 g/mol. The molecule has 1 nitrogen and oxygen atoms in total. The zero-order valence-electron chi connectivity index (χ0n) is 6.73. The summed E-state index contributed by atoms with van der Waals surface area (Å²) in [7, 11) is 0. The van der Waals surface area contributed by atoms with Crippen molar-refractivity contribution in [3.63, 3.8) is 0 Å². The zero-order chi connectivity index (χ0) is 8.27. The second kappa shape index (κ2) is 4.24. The highest BCUT2D eigenvalue weighted by Gasteiger charge is 2.08. The highest BCUT2D eigenvalue weighted by Crippen LogP contribution is 2.28. The van der Waals surface area contributed by atoms with Gasteiger partial charge in [0.1, 0.15) is 0 Å². The molecule has 0 amide bonds. The molecule has 0 aromatic carbocycles. The quantitative estimate of drug-likeness (QED) is 0.846. The Kier molecular flexibility index (Phi) is 3.55. The van der Waals surface area contributed by atoms with Crippen molar-refractivity contribution in [1.82, 2.24) is 5.32 Å². The number of rotatable bonds is 3. The Morgan fingerprint density at radius 1 is 1.73 bits per heavy atom. The van der Waals surface area contributed by atoms with Gasteiger partial charge in [-0.2, -0.15) is 0 Å². The minimum Gasteiger partial charge on any atom is -0.310 e. The normalized spacial score (nSPS) is 13.4. The first-order chi connectivity index (χ1) is 5.25. The van der Waals surface area contributed by atoms with E-state index in [1.165, 1.54) is 9.35 Å².